The number of benzene rings is 1. The van der Waals surface area contributed by atoms with Crippen LogP contribution in [0.1, 0.15) is 30.0 Å². The maximum Gasteiger partial charge on any atom is 0.320 e. The molecular weight excluding hydrogens is 314 g/mol. The number of rotatable bonds is 4. The van der Waals surface area contributed by atoms with Crippen LogP contribution < -0.4 is 0 Å². The molecule has 3 heterocycles. The van der Waals surface area contributed by atoms with Gasteiger partial charge in [-0.25, -0.2) is 0 Å². The molecule has 3 aromatic rings. The van der Waals surface area contributed by atoms with E-state index in [9.17, 15) is 9.90 Å². The minimum Gasteiger partial charge on any atom is -0.480 e. The van der Waals surface area contributed by atoms with Gasteiger partial charge in [-0.05, 0) is 47.6 Å². The first-order valence-electron chi connectivity index (χ1n) is 8.46. The van der Waals surface area contributed by atoms with Crippen LogP contribution in [0.3, 0.4) is 0 Å². The van der Waals surface area contributed by atoms with Gasteiger partial charge in [0.1, 0.15) is 6.04 Å². The molecule has 0 bridgehead atoms. The number of nitrogens with zero attached hydrogens (tertiary/aromatic N) is 3. The number of aliphatic carboxylic acids is 1. The number of hydrogen-bond acceptors (Lipinski definition) is 4. The molecule has 1 fully saturated rings. The summed E-state index contributed by atoms with van der Waals surface area (Å²) in [5.74, 6) is -0.753. The Kier molecular flexibility index (Phi) is 4.15. The zero-order valence-corrected chi connectivity index (χ0v) is 13.7. The van der Waals surface area contributed by atoms with Gasteiger partial charge in [-0.1, -0.05) is 18.2 Å². The second kappa shape index (κ2) is 6.61. The fourth-order valence-electron chi connectivity index (χ4n) is 3.75. The third-order valence-corrected chi connectivity index (χ3v) is 4.89. The number of carboxylic acids is 1. The molecule has 1 saturated heterocycles. The van der Waals surface area contributed by atoms with Crippen molar-refractivity contribution in [3.63, 3.8) is 0 Å². The maximum absolute atomic E-state index is 11.7. The van der Waals surface area contributed by atoms with Gasteiger partial charge >= 0.3 is 5.97 Å². The molecule has 4 rings (SSSR count). The number of carboxylic acid groups (broad SMARTS) is 1. The quantitative estimate of drug-likeness (QED) is 0.794. The number of hydrogen-bond donors (Lipinski definition) is 1. The Balaban J connectivity index is 1.83. The van der Waals surface area contributed by atoms with E-state index in [-0.39, 0.29) is 6.04 Å². The molecule has 0 saturated carbocycles. The molecule has 2 aromatic heterocycles. The lowest BCUT2D eigenvalue weighted by molar-refractivity contribution is -0.142. The standard InChI is InChI=1S/C20H19N3O2/c24-20(25)18-4-2-10-23(18)19(17-3-1-8-21-13-17)15-5-6-16-12-22-9-7-14(16)11-15/h1,3,5-9,11-13,18-19H,2,4,10H2,(H,24,25). The maximum atomic E-state index is 11.7. The smallest absolute Gasteiger partial charge is 0.320 e. The van der Waals surface area contributed by atoms with Crippen LogP contribution in [0.4, 0.5) is 0 Å². The summed E-state index contributed by atoms with van der Waals surface area (Å²) in [6.45, 7) is 0.769. The van der Waals surface area contributed by atoms with Crippen LogP contribution in [-0.2, 0) is 4.79 Å². The van der Waals surface area contributed by atoms with E-state index in [0.717, 1.165) is 34.9 Å². The van der Waals surface area contributed by atoms with Crippen molar-refractivity contribution in [2.45, 2.75) is 24.9 Å². The molecule has 2 atom stereocenters. The highest BCUT2D eigenvalue weighted by molar-refractivity contribution is 5.82. The summed E-state index contributed by atoms with van der Waals surface area (Å²) in [6.07, 6.45) is 8.77. The first-order valence-corrected chi connectivity index (χ1v) is 8.46. The second-order valence-electron chi connectivity index (χ2n) is 6.41. The summed E-state index contributed by atoms with van der Waals surface area (Å²) < 4.78 is 0. The van der Waals surface area contributed by atoms with Gasteiger partial charge in [0.15, 0.2) is 0 Å². The molecule has 25 heavy (non-hydrogen) atoms. The fourth-order valence-corrected chi connectivity index (χ4v) is 3.75. The SMILES string of the molecule is O=C(O)C1CCCN1C(c1cccnc1)c1ccc2cnccc2c1. The Morgan fingerprint density at radius 1 is 1.08 bits per heavy atom. The molecule has 1 aliphatic heterocycles. The van der Waals surface area contributed by atoms with Gasteiger partial charge in [0.05, 0.1) is 6.04 Å². The lowest BCUT2D eigenvalue weighted by atomic mass is 9.95. The van der Waals surface area contributed by atoms with Gasteiger partial charge in [-0.3, -0.25) is 19.7 Å². The molecule has 0 aliphatic carbocycles. The van der Waals surface area contributed by atoms with Crippen LogP contribution in [0.5, 0.6) is 0 Å². The van der Waals surface area contributed by atoms with Crippen LogP contribution in [0, 0.1) is 0 Å². The first-order chi connectivity index (χ1) is 12.2. The number of aromatic nitrogens is 2. The van der Waals surface area contributed by atoms with Crippen molar-refractivity contribution in [3.05, 3.63) is 72.3 Å². The van der Waals surface area contributed by atoms with Crippen LogP contribution in [0.2, 0.25) is 0 Å². The zero-order chi connectivity index (χ0) is 17.2. The molecule has 2 unspecified atom stereocenters. The van der Waals surface area contributed by atoms with Crippen molar-refractivity contribution in [2.24, 2.45) is 0 Å². The van der Waals surface area contributed by atoms with Gasteiger partial charge in [-0.2, -0.15) is 0 Å². The van der Waals surface area contributed by atoms with Crippen LogP contribution >= 0.6 is 0 Å². The van der Waals surface area contributed by atoms with Crippen molar-refractivity contribution in [3.8, 4) is 0 Å². The van der Waals surface area contributed by atoms with E-state index in [4.69, 9.17) is 0 Å². The summed E-state index contributed by atoms with van der Waals surface area (Å²) in [4.78, 5) is 22.2. The highest BCUT2D eigenvalue weighted by Crippen LogP contribution is 2.35. The second-order valence-corrected chi connectivity index (χ2v) is 6.41. The van der Waals surface area contributed by atoms with Crippen LogP contribution in [0.25, 0.3) is 10.8 Å². The predicted octanol–water partition coefficient (Wildman–Crippen LogP) is 3.27. The molecule has 5 heteroatoms. The average molecular weight is 333 g/mol. The number of carbonyl (C=O) groups is 1. The fraction of sp³-hybridized carbons (Fsp3) is 0.250. The van der Waals surface area contributed by atoms with Crippen LogP contribution in [-0.4, -0.2) is 38.5 Å². The Hall–Kier alpha value is -2.79. The number of likely N-dealkylation sites (tertiary alicyclic amines) is 1. The highest BCUT2D eigenvalue weighted by atomic mass is 16.4. The number of fused-ring (bicyclic) bond motifs is 1. The van der Waals surface area contributed by atoms with Gasteiger partial charge in [0.2, 0.25) is 0 Å². The van der Waals surface area contributed by atoms with Gasteiger partial charge < -0.3 is 5.11 Å². The summed E-state index contributed by atoms with van der Waals surface area (Å²) in [7, 11) is 0. The third kappa shape index (κ3) is 2.98. The van der Waals surface area contributed by atoms with Crippen molar-refractivity contribution in [1.82, 2.24) is 14.9 Å². The van der Waals surface area contributed by atoms with E-state index in [0.29, 0.717) is 6.42 Å². The Morgan fingerprint density at radius 2 is 1.96 bits per heavy atom. The molecule has 1 aliphatic rings. The molecule has 0 spiro atoms. The molecule has 1 N–H and O–H groups in total. The predicted molar refractivity (Wildman–Crippen MR) is 95.2 cm³/mol. The van der Waals surface area contributed by atoms with Crippen LogP contribution in [0.15, 0.2) is 61.2 Å². The van der Waals surface area contributed by atoms with Gasteiger partial charge in [0, 0.05) is 36.7 Å². The molecule has 5 nitrogen and oxygen atoms in total. The van der Waals surface area contributed by atoms with Gasteiger partial charge in [-0.15, -0.1) is 0 Å². The summed E-state index contributed by atoms with van der Waals surface area (Å²) in [5.41, 5.74) is 2.10. The third-order valence-electron chi connectivity index (χ3n) is 4.89. The molecule has 1 aromatic carbocycles. The summed E-state index contributed by atoms with van der Waals surface area (Å²) in [5, 5.41) is 11.8. The van der Waals surface area contributed by atoms with E-state index >= 15 is 0 Å². The van der Waals surface area contributed by atoms with Crippen molar-refractivity contribution >= 4 is 16.7 Å². The Labute approximate surface area is 146 Å². The van der Waals surface area contributed by atoms with E-state index in [1.54, 1.807) is 12.4 Å². The normalized spacial score (nSPS) is 19.1. The minimum absolute atomic E-state index is 0.116. The van der Waals surface area contributed by atoms with Crippen molar-refractivity contribution in [1.29, 1.82) is 0 Å². The van der Waals surface area contributed by atoms with Crippen molar-refractivity contribution in [2.75, 3.05) is 6.54 Å². The number of pyridine rings is 2. The van der Waals surface area contributed by atoms with E-state index in [1.165, 1.54) is 0 Å². The largest absolute Gasteiger partial charge is 0.480 e. The average Bonchev–Trinajstić information content (AvgIpc) is 3.12. The summed E-state index contributed by atoms with van der Waals surface area (Å²) in [6, 6.07) is 11.6. The first kappa shape index (κ1) is 15.7. The lowest BCUT2D eigenvalue weighted by Crippen LogP contribution is -2.39. The highest BCUT2D eigenvalue weighted by Gasteiger charge is 2.36. The molecule has 0 radical (unpaired) electrons. The monoisotopic (exact) mass is 333 g/mol. The van der Waals surface area contributed by atoms with Gasteiger partial charge in [0.25, 0.3) is 0 Å². The molecular formula is C20H19N3O2. The zero-order valence-electron chi connectivity index (χ0n) is 13.7. The Morgan fingerprint density at radius 3 is 2.76 bits per heavy atom. The Bertz CT molecular complexity index is 898. The van der Waals surface area contributed by atoms with E-state index in [2.05, 4.69) is 27.0 Å². The van der Waals surface area contributed by atoms with Crippen molar-refractivity contribution < 1.29 is 9.90 Å². The minimum atomic E-state index is -0.753. The molecule has 0 amide bonds. The topological polar surface area (TPSA) is 66.3 Å². The lowest BCUT2D eigenvalue weighted by Gasteiger charge is -2.32. The summed E-state index contributed by atoms with van der Waals surface area (Å²) >= 11 is 0. The van der Waals surface area contributed by atoms with E-state index in [1.807, 2.05) is 36.7 Å². The van der Waals surface area contributed by atoms with E-state index < -0.39 is 12.0 Å². The molecule has 126 valence electrons.